The number of benzene rings is 1. The van der Waals surface area contributed by atoms with Crippen molar-refractivity contribution in [3.63, 3.8) is 0 Å². The summed E-state index contributed by atoms with van der Waals surface area (Å²) in [5, 5.41) is 3.94. The minimum atomic E-state index is 0.0646. The SMILES string of the molecule is O=C(CCCn1sc2ccccc2c1=O)NC1CCCCCC1. The number of amides is 1. The number of nitrogens with zero attached hydrogens (tertiary/aromatic N) is 1. The second-order valence-electron chi connectivity index (χ2n) is 6.35. The van der Waals surface area contributed by atoms with Gasteiger partial charge < -0.3 is 5.32 Å². The van der Waals surface area contributed by atoms with E-state index in [0.717, 1.165) is 22.9 Å². The van der Waals surface area contributed by atoms with E-state index in [1.165, 1.54) is 37.2 Å². The quantitative estimate of drug-likeness (QED) is 0.849. The predicted molar refractivity (Wildman–Crippen MR) is 95.0 cm³/mol. The van der Waals surface area contributed by atoms with E-state index in [0.29, 0.717) is 25.4 Å². The van der Waals surface area contributed by atoms with Crippen molar-refractivity contribution in [3.8, 4) is 0 Å². The van der Waals surface area contributed by atoms with Crippen LogP contribution in [0, 0.1) is 0 Å². The third-order valence-corrected chi connectivity index (χ3v) is 5.66. The van der Waals surface area contributed by atoms with Gasteiger partial charge in [-0.1, -0.05) is 49.3 Å². The Labute approximate surface area is 140 Å². The van der Waals surface area contributed by atoms with Crippen LogP contribution in [0.4, 0.5) is 0 Å². The summed E-state index contributed by atoms with van der Waals surface area (Å²) in [6.45, 7) is 0.621. The Morgan fingerprint density at radius 3 is 2.65 bits per heavy atom. The largest absolute Gasteiger partial charge is 0.353 e. The first kappa shape index (κ1) is 16.2. The van der Waals surface area contributed by atoms with Crippen molar-refractivity contribution in [1.82, 2.24) is 9.27 Å². The molecule has 0 saturated heterocycles. The average molecular weight is 332 g/mol. The molecule has 1 aliphatic rings. The van der Waals surface area contributed by atoms with Gasteiger partial charge in [-0.25, -0.2) is 0 Å². The Morgan fingerprint density at radius 2 is 1.91 bits per heavy atom. The van der Waals surface area contributed by atoms with Crippen molar-refractivity contribution in [2.24, 2.45) is 0 Å². The van der Waals surface area contributed by atoms with E-state index in [4.69, 9.17) is 0 Å². The van der Waals surface area contributed by atoms with E-state index in [9.17, 15) is 9.59 Å². The zero-order chi connectivity index (χ0) is 16.1. The second kappa shape index (κ2) is 7.77. The van der Waals surface area contributed by atoms with Gasteiger partial charge in [0.2, 0.25) is 5.91 Å². The van der Waals surface area contributed by atoms with Crippen LogP contribution in [0.15, 0.2) is 29.1 Å². The van der Waals surface area contributed by atoms with Gasteiger partial charge in [-0.05, 0) is 31.4 Å². The molecule has 124 valence electrons. The normalized spacial score (nSPS) is 16.3. The van der Waals surface area contributed by atoms with Crippen LogP contribution in [0.1, 0.15) is 51.4 Å². The molecule has 1 aromatic carbocycles. The molecule has 4 nitrogen and oxygen atoms in total. The first-order valence-corrected chi connectivity index (χ1v) is 9.39. The number of aromatic nitrogens is 1. The summed E-state index contributed by atoms with van der Waals surface area (Å²) in [5.41, 5.74) is 0.0646. The van der Waals surface area contributed by atoms with Crippen LogP contribution < -0.4 is 10.9 Å². The summed E-state index contributed by atoms with van der Waals surface area (Å²) in [7, 11) is 0. The summed E-state index contributed by atoms with van der Waals surface area (Å²) in [4.78, 5) is 24.3. The monoisotopic (exact) mass is 332 g/mol. The van der Waals surface area contributed by atoms with Crippen LogP contribution in [0.2, 0.25) is 0 Å². The van der Waals surface area contributed by atoms with Gasteiger partial charge in [0.05, 0.1) is 10.1 Å². The van der Waals surface area contributed by atoms with Crippen molar-refractivity contribution in [1.29, 1.82) is 0 Å². The molecule has 1 fully saturated rings. The topological polar surface area (TPSA) is 51.1 Å². The summed E-state index contributed by atoms with van der Waals surface area (Å²) >= 11 is 1.49. The van der Waals surface area contributed by atoms with Gasteiger partial charge in [-0.3, -0.25) is 13.5 Å². The lowest BCUT2D eigenvalue weighted by Crippen LogP contribution is -2.34. The van der Waals surface area contributed by atoms with E-state index in [1.54, 1.807) is 3.96 Å². The fourth-order valence-corrected chi connectivity index (χ4v) is 4.30. The van der Waals surface area contributed by atoms with Crippen molar-refractivity contribution >= 4 is 27.5 Å². The molecular weight excluding hydrogens is 308 g/mol. The molecule has 0 atom stereocenters. The number of nitrogens with one attached hydrogen (secondary N) is 1. The lowest BCUT2D eigenvalue weighted by atomic mass is 10.1. The summed E-state index contributed by atoms with van der Waals surface area (Å²) < 4.78 is 2.78. The molecule has 0 bridgehead atoms. The van der Waals surface area contributed by atoms with Gasteiger partial charge in [0.25, 0.3) is 5.56 Å². The summed E-state index contributed by atoms with van der Waals surface area (Å²) in [5.74, 6) is 0.131. The van der Waals surface area contributed by atoms with E-state index in [-0.39, 0.29) is 11.5 Å². The Morgan fingerprint density at radius 1 is 1.17 bits per heavy atom. The minimum absolute atomic E-state index is 0.0646. The third-order valence-electron chi connectivity index (χ3n) is 4.54. The molecular formula is C18H24N2O2S. The first-order chi connectivity index (χ1) is 11.2. The van der Waals surface area contributed by atoms with Crippen LogP contribution in [-0.4, -0.2) is 15.9 Å². The van der Waals surface area contributed by atoms with Gasteiger partial charge in [0.15, 0.2) is 0 Å². The molecule has 1 aliphatic carbocycles. The van der Waals surface area contributed by atoms with E-state index < -0.39 is 0 Å². The molecule has 1 saturated carbocycles. The molecule has 1 heterocycles. The highest BCUT2D eigenvalue weighted by Gasteiger charge is 2.14. The molecule has 0 radical (unpaired) electrons. The molecule has 3 rings (SSSR count). The number of carbonyl (C=O) groups excluding carboxylic acids is 1. The fraction of sp³-hybridized carbons (Fsp3) is 0.556. The number of aryl methyl sites for hydroxylation is 1. The minimum Gasteiger partial charge on any atom is -0.353 e. The standard InChI is InChI=1S/C18H24N2O2S/c21-17(19-14-8-3-1-2-4-9-14)12-7-13-20-18(22)15-10-5-6-11-16(15)23-20/h5-6,10-11,14H,1-4,7-9,12-13H2,(H,19,21). The van der Waals surface area contributed by atoms with Crippen molar-refractivity contribution in [2.75, 3.05) is 0 Å². The molecule has 1 N–H and O–H groups in total. The third kappa shape index (κ3) is 4.22. The highest BCUT2D eigenvalue weighted by Crippen LogP contribution is 2.18. The predicted octanol–water partition coefficient (Wildman–Crippen LogP) is 3.68. The Bertz CT molecular complexity index is 711. The van der Waals surface area contributed by atoms with Gasteiger partial charge in [0, 0.05) is 19.0 Å². The Hall–Kier alpha value is -1.62. The molecule has 1 amide bonds. The zero-order valence-electron chi connectivity index (χ0n) is 13.4. The van der Waals surface area contributed by atoms with Crippen LogP contribution in [-0.2, 0) is 11.3 Å². The maximum atomic E-state index is 12.2. The molecule has 0 aliphatic heterocycles. The van der Waals surface area contributed by atoms with Crippen molar-refractivity contribution in [2.45, 2.75) is 64.0 Å². The molecule has 0 unspecified atom stereocenters. The summed E-state index contributed by atoms with van der Waals surface area (Å²) in [6, 6.07) is 8.03. The zero-order valence-corrected chi connectivity index (χ0v) is 14.2. The first-order valence-electron chi connectivity index (χ1n) is 8.62. The van der Waals surface area contributed by atoms with Crippen molar-refractivity contribution in [3.05, 3.63) is 34.6 Å². The lowest BCUT2D eigenvalue weighted by Gasteiger charge is -2.16. The van der Waals surface area contributed by atoms with Gasteiger partial charge in [-0.15, -0.1) is 0 Å². The van der Waals surface area contributed by atoms with E-state index >= 15 is 0 Å². The maximum absolute atomic E-state index is 12.2. The van der Waals surface area contributed by atoms with Crippen LogP contribution in [0.3, 0.4) is 0 Å². The Balaban J connectivity index is 1.49. The van der Waals surface area contributed by atoms with Gasteiger partial charge in [0.1, 0.15) is 0 Å². The second-order valence-corrected chi connectivity index (χ2v) is 7.42. The molecule has 23 heavy (non-hydrogen) atoms. The molecule has 5 heteroatoms. The average Bonchev–Trinajstić information content (AvgIpc) is 2.73. The maximum Gasteiger partial charge on any atom is 0.268 e. The van der Waals surface area contributed by atoms with Crippen molar-refractivity contribution < 1.29 is 4.79 Å². The van der Waals surface area contributed by atoms with Gasteiger partial charge in [-0.2, -0.15) is 0 Å². The highest BCUT2D eigenvalue weighted by atomic mass is 32.1. The Kier molecular flexibility index (Phi) is 5.49. The molecule has 2 aromatic rings. The molecule has 0 spiro atoms. The lowest BCUT2D eigenvalue weighted by molar-refractivity contribution is -0.122. The van der Waals surface area contributed by atoms with Crippen LogP contribution in [0.5, 0.6) is 0 Å². The number of hydrogen-bond acceptors (Lipinski definition) is 3. The smallest absolute Gasteiger partial charge is 0.268 e. The van der Waals surface area contributed by atoms with Crippen LogP contribution >= 0.6 is 11.5 Å². The highest BCUT2D eigenvalue weighted by molar-refractivity contribution is 7.13. The number of rotatable bonds is 5. The van der Waals surface area contributed by atoms with Crippen LogP contribution in [0.25, 0.3) is 10.1 Å². The molecule has 1 aromatic heterocycles. The van der Waals surface area contributed by atoms with E-state index in [1.807, 2.05) is 24.3 Å². The van der Waals surface area contributed by atoms with E-state index in [2.05, 4.69) is 5.32 Å². The number of fused-ring (bicyclic) bond motifs is 1. The van der Waals surface area contributed by atoms with Gasteiger partial charge >= 0.3 is 0 Å². The number of hydrogen-bond donors (Lipinski definition) is 1. The number of carbonyl (C=O) groups is 1. The fourth-order valence-electron chi connectivity index (χ4n) is 3.27. The summed E-state index contributed by atoms with van der Waals surface area (Å²) in [6.07, 6.45) is 8.47.